The van der Waals surface area contributed by atoms with E-state index < -0.39 is 0 Å². The van der Waals surface area contributed by atoms with Gasteiger partial charge in [-0.1, -0.05) is 13.0 Å². The summed E-state index contributed by atoms with van der Waals surface area (Å²) in [6.07, 6.45) is 4.37. The van der Waals surface area contributed by atoms with Crippen LogP contribution in [0.5, 0.6) is 0 Å². The molecule has 0 aromatic rings. The lowest BCUT2D eigenvalue weighted by Crippen LogP contribution is -2.60. The molecule has 3 nitrogen and oxygen atoms in total. The average molecular weight is 267 g/mol. The molecule has 1 saturated heterocycles. The summed E-state index contributed by atoms with van der Waals surface area (Å²) in [5.41, 5.74) is 0.874. The molecule has 0 spiro atoms. The summed E-state index contributed by atoms with van der Waals surface area (Å²) in [7, 11) is 2.15. The Morgan fingerprint density at radius 3 is 2.11 bits per heavy atom. The first-order valence-corrected chi connectivity index (χ1v) is 7.24. The molecule has 0 aliphatic carbocycles. The molecule has 1 rings (SSSR count). The fourth-order valence-corrected chi connectivity index (χ4v) is 3.06. The van der Waals surface area contributed by atoms with Gasteiger partial charge in [-0.15, -0.1) is 0 Å². The van der Waals surface area contributed by atoms with E-state index in [2.05, 4.69) is 39.6 Å². The van der Waals surface area contributed by atoms with Gasteiger partial charge in [-0.25, -0.2) is 4.79 Å². The smallest absolute Gasteiger partial charge is 0.333 e. The Morgan fingerprint density at radius 2 is 1.74 bits per heavy atom. The topological polar surface area (TPSA) is 29.5 Å². The molecule has 0 radical (unpaired) electrons. The molecule has 3 heteroatoms. The first-order chi connectivity index (χ1) is 8.64. The zero-order chi connectivity index (χ0) is 14.8. The van der Waals surface area contributed by atoms with Crippen molar-refractivity contribution in [1.82, 2.24) is 4.90 Å². The van der Waals surface area contributed by atoms with E-state index in [0.717, 1.165) is 24.8 Å². The Balaban J connectivity index is 2.79. The van der Waals surface area contributed by atoms with E-state index in [1.165, 1.54) is 0 Å². The van der Waals surface area contributed by atoms with Crippen LogP contribution in [0.1, 0.15) is 60.8 Å². The van der Waals surface area contributed by atoms with Gasteiger partial charge >= 0.3 is 5.97 Å². The lowest BCUT2D eigenvalue weighted by molar-refractivity contribution is -0.154. The van der Waals surface area contributed by atoms with Crippen LogP contribution in [0, 0.1) is 0 Å². The Hall–Kier alpha value is -0.830. The highest BCUT2D eigenvalue weighted by Gasteiger charge is 2.44. The van der Waals surface area contributed by atoms with Gasteiger partial charge in [-0.3, -0.25) is 4.90 Å². The standard InChI is InChI=1S/C16H29NO2/c1-8-12(9-2)14(18)19-13-10-15(3,4)17(7)16(5,6)11-13/h8,13H,9-11H2,1-7H3. The monoisotopic (exact) mass is 267 g/mol. The number of nitrogens with zero attached hydrogens (tertiary/aromatic N) is 1. The van der Waals surface area contributed by atoms with Crippen molar-refractivity contribution in [3.8, 4) is 0 Å². The second kappa shape index (κ2) is 5.66. The minimum absolute atomic E-state index is 0.00944. The quantitative estimate of drug-likeness (QED) is 0.578. The number of carbonyl (C=O) groups is 1. The minimum Gasteiger partial charge on any atom is -0.459 e. The Morgan fingerprint density at radius 1 is 1.26 bits per heavy atom. The molecule has 0 amide bonds. The van der Waals surface area contributed by atoms with Crippen LogP contribution >= 0.6 is 0 Å². The van der Waals surface area contributed by atoms with E-state index in [4.69, 9.17) is 4.74 Å². The maximum atomic E-state index is 12.1. The summed E-state index contributed by atoms with van der Waals surface area (Å²) in [5.74, 6) is -0.147. The van der Waals surface area contributed by atoms with Crippen molar-refractivity contribution in [3.05, 3.63) is 11.6 Å². The van der Waals surface area contributed by atoms with Crippen molar-refractivity contribution < 1.29 is 9.53 Å². The molecule has 1 aliphatic rings. The molecule has 0 atom stereocenters. The number of hydrogen-bond donors (Lipinski definition) is 0. The van der Waals surface area contributed by atoms with Gasteiger partial charge in [-0.05, 0) is 48.1 Å². The van der Waals surface area contributed by atoms with E-state index in [1.54, 1.807) is 0 Å². The second-order valence-electron chi connectivity index (χ2n) is 6.79. The van der Waals surface area contributed by atoms with Crippen molar-refractivity contribution in [2.75, 3.05) is 7.05 Å². The van der Waals surface area contributed by atoms with Crippen LogP contribution in [-0.2, 0) is 9.53 Å². The zero-order valence-electron chi connectivity index (χ0n) is 13.5. The number of likely N-dealkylation sites (tertiary alicyclic amines) is 1. The van der Waals surface area contributed by atoms with Crippen molar-refractivity contribution in [3.63, 3.8) is 0 Å². The van der Waals surface area contributed by atoms with Crippen LogP contribution < -0.4 is 0 Å². The first-order valence-electron chi connectivity index (χ1n) is 7.24. The minimum atomic E-state index is -0.147. The van der Waals surface area contributed by atoms with Crippen LogP contribution in [0.2, 0.25) is 0 Å². The zero-order valence-corrected chi connectivity index (χ0v) is 13.5. The summed E-state index contributed by atoms with van der Waals surface area (Å²) >= 11 is 0. The molecular formula is C16H29NO2. The third kappa shape index (κ3) is 3.59. The Kier molecular flexibility index (Phi) is 4.83. The largest absolute Gasteiger partial charge is 0.459 e. The molecule has 19 heavy (non-hydrogen) atoms. The van der Waals surface area contributed by atoms with Crippen LogP contribution in [0.3, 0.4) is 0 Å². The highest BCUT2D eigenvalue weighted by atomic mass is 16.5. The van der Waals surface area contributed by atoms with Crippen molar-refractivity contribution in [1.29, 1.82) is 0 Å². The molecule has 0 bridgehead atoms. The summed E-state index contributed by atoms with van der Waals surface area (Å²) in [6, 6.07) is 0. The van der Waals surface area contributed by atoms with Crippen molar-refractivity contribution >= 4 is 5.97 Å². The third-order valence-corrected chi connectivity index (χ3v) is 4.54. The maximum absolute atomic E-state index is 12.1. The summed E-state index contributed by atoms with van der Waals surface area (Å²) in [6.45, 7) is 12.7. The van der Waals surface area contributed by atoms with Gasteiger partial charge in [0, 0.05) is 29.5 Å². The molecule has 0 aromatic carbocycles. The van der Waals surface area contributed by atoms with Gasteiger partial charge < -0.3 is 4.74 Å². The summed E-state index contributed by atoms with van der Waals surface area (Å²) in [5, 5.41) is 0. The van der Waals surface area contributed by atoms with Gasteiger partial charge in [0.2, 0.25) is 0 Å². The Bertz CT molecular complexity index is 351. The third-order valence-electron chi connectivity index (χ3n) is 4.54. The summed E-state index contributed by atoms with van der Waals surface area (Å²) < 4.78 is 5.72. The van der Waals surface area contributed by atoms with Gasteiger partial charge in [0.1, 0.15) is 6.10 Å². The predicted molar refractivity (Wildman–Crippen MR) is 79.1 cm³/mol. The van der Waals surface area contributed by atoms with Crippen LogP contribution in [0.4, 0.5) is 0 Å². The number of ether oxygens (including phenoxy) is 1. The number of allylic oxidation sites excluding steroid dienone is 1. The molecule has 110 valence electrons. The van der Waals surface area contributed by atoms with Gasteiger partial charge in [0.25, 0.3) is 0 Å². The molecule has 0 N–H and O–H groups in total. The van der Waals surface area contributed by atoms with Crippen LogP contribution in [-0.4, -0.2) is 35.1 Å². The number of hydrogen-bond acceptors (Lipinski definition) is 3. The first kappa shape index (κ1) is 16.2. The molecule has 0 unspecified atom stereocenters. The summed E-state index contributed by atoms with van der Waals surface area (Å²) in [4.78, 5) is 14.5. The van der Waals surface area contributed by atoms with Crippen molar-refractivity contribution in [2.24, 2.45) is 0 Å². The average Bonchev–Trinajstić information content (AvgIpc) is 2.26. The number of rotatable bonds is 3. The van der Waals surface area contributed by atoms with E-state index in [9.17, 15) is 4.79 Å². The lowest BCUT2D eigenvalue weighted by Gasteiger charge is -2.53. The normalized spacial score (nSPS) is 24.3. The van der Waals surface area contributed by atoms with Gasteiger partial charge in [0.05, 0.1) is 0 Å². The van der Waals surface area contributed by atoms with Gasteiger partial charge in [-0.2, -0.15) is 0 Å². The van der Waals surface area contributed by atoms with E-state index in [1.807, 2.05) is 19.9 Å². The number of carbonyl (C=O) groups excluding carboxylic acids is 1. The lowest BCUT2D eigenvalue weighted by atomic mass is 9.78. The molecular weight excluding hydrogens is 238 g/mol. The molecule has 1 fully saturated rings. The molecule has 0 saturated carbocycles. The van der Waals surface area contributed by atoms with E-state index in [-0.39, 0.29) is 23.2 Å². The molecule has 1 aliphatic heterocycles. The van der Waals surface area contributed by atoms with Crippen LogP contribution in [0.25, 0.3) is 0 Å². The number of esters is 1. The van der Waals surface area contributed by atoms with Gasteiger partial charge in [0.15, 0.2) is 0 Å². The van der Waals surface area contributed by atoms with E-state index in [0.29, 0.717) is 0 Å². The second-order valence-corrected chi connectivity index (χ2v) is 6.79. The van der Waals surface area contributed by atoms with E-state index >= 15 is 0 Å². The highest BCUT2D eigenvalue weighted by Crippen LogP contribution is 2.38. The molecule has 1 heterocycles. The fourth-order valence-electron chi connectivity index (χ4n) is 3.06. The molecule has 0 aromatic heterocycles. The highest BCUT2D eigenvalue weighted by molar-refractivity contribution is 5.88. The fraction of sp³-hybridized carbons (Fsp3) is 0.812. The van der Waals surface area contributed by atoms with Crippen LogP contribution in [0.15, 0.2) is 11.6 Å². The maximum Gasteiger partial charge on any atom is 0.333 e. The SMILES string of the molecule is CC=C(CC)C(=O)OC1CC(C)(C)N(C)C(C)(C)C1. The number of piperidine rings is 1. The van der Waals surface area contributed by atoms with Crippen molar-refractivity contribution in [2.45, 2.75) is 78.0 Å². The predicted octanol–water partition coefficient (Wildman–Crippen LogP) is 3.54. The Labute approximate surface area is 118 Å².